The Bertz CT molecular complexity index is 353. The average molecular weight is 185 g/mol. The van der Waals surface area contributed by atoms with Gasteiger partial charge in [0.2, 0.25) is 0 Å². The number of hydrogen-bond acceptors (Lipinski definition) is 2. The zero-order valence-electron chi connectivity index (χ0n) is 7.86. The molecule has 0 saturated carbocycles. The first-order valence-electron chi connectivity index (χ1n) is 4.43. The SMILES string of the molecule is C#Cc1ccc(OCCCC#N)cc1. The van der Waals surface area contributed by atoms with Gasteiger partial charge in [0.15, 0.2) is 0 Å². The van der Waals surface area contributed by atoms with Crippen LogP contribution >= 0.6 is 0 Å². The topological polar surface area (TPSA) is 33.0 Å². The molecule has 1 rings (SSSR count). The van der Waals surface area contributed by atoms with Gasteiger partial charge >= 0.3 is 0 Å². The van der Waals surface area contributed by atoms with Crippen molar-refractivity contribution in [3.05, 3.63) is 29.8 Å². The Labute approximate surface area is 84.1 Å². The van der Waals surface area contributed by atoms with Gasteiger partial charge in [-0.1, -0.05) is 5.92 Å². The van der Waals surface area contributed by atoms with Gasteiger partial charge in [0, 0.05) is 12.0 Å². The second kappa shape index (κ2) is 5.67. The first kappa shape index (κ1) is 10.2. The molecule has 0 bridgehead atoms. The number of benzene rings is 1. The normalized spacial score (nSPS) is 8.71. The fourth-order valence-electron chi connectivity index (χ4n) is 0.989. The summed E-state index contributed by atoms with van der Waals surface area (Å²) in [5.41, 5.74) is 0.842. The summed E-state index contributed by atoms with van der Waals surface area (Å²) in [6.45, 7) is 0.572. The van der Waals surface area contributed by atoms with Crippen LogP contribution in [0.25, 0.3) is 0 Å². The number of nitriles is 1. The molecule has 0 aliphatic rings. The van der Waals surface area contributed by atoms with Crippen molar-refractivity contribution in [2.75, 3.05) is 6.61 Å². The number of unbranched alkanes of at least 4 members (excludes halogenated alkanes) is 1. The van der Waals surface area contributed by atoms with E-state index >= 15 is 0 Å². The lowest BCUT2D eigenvalue weighted by atomic mass is 10.2. The lowest BCUT2D eigenvalue weighted by Gasteiger charge is -2.03. The summed E-state index contributed by atoms with van der Waals surface area (Å²) < 4.78 is 5.39. The Morgan fingerprint density at radius 1 is 1.29 bits per heavy atom. The first-order valence-corrected chi connectivity index (χ1v) is 4.43. The van der Waals surface area contributed by atoms with Gasteiger partial charge < -0.3 is 4.74 Å². The number of terminal acetylenes is 1. The average Bonchev–Trinajstić information content (AvgIpc) is 2.25. The van der Waals surface area contributed by atoms with Crippen LogP contribution in [0.2, 0.25) is 0 Å². The summed E-state index contributed by atoms with van der Waals surface area (Å²) in [7, 11) is 0. The molecule has 0 amide bonds. The molecule has 0 unspecified atom stereocenters. The fraction of sp³-hybridized carbons (Fsp3) is 0.250. The Hall–Kier alpha value is -1.93. The van der Waals surface area contributed by atoms with E-state index in [1.165, 1.54) is 0 Å². The number of hydrogen-bond donors (Lipinski definition) is 0. The van der Waals surface area contributed by atoms with E-state index in [-0.39, 0.29) is 0 Å². The van der Waals surface area contributed by atoms with Crippen molar-refractivity contribution >= 4 is 0 Å². The van der Waals surface area contributed by atoms with E-state index in [0.29, 0.717) is 13.0 Å². The summed E-state index contributed by atoms with van der Waals surface area (Å²) >= 11 is 0. The number of nitrogens with zero attached hydrogens (tertiary/aromatic N) is 1. The number of rotatable bonds is 4. The van der Waals surface area contributed by atoms with E-state index < -0.39 is 0 Å². The molecule has 0 saturated heterocycles. The minimum Gasteiger partial charge on any atom is -0.494 e. The van der Waals surface area contributed by atoms with Crippen LogP contribution in [-0.2, 0) is 0 Å². The van der Waals surface area contributed by atoms with E-state index in [9.17, 15) is 0 Å². The van der Waals surface area contributed by atoms with Gasteiger partial charge in [0.05, 0.1) is 12.7 Å². The minimum atomic E-state index is 0.530. The van der Waals surface area contributed by atoms with Crippen molar-refractivity contribution in [3.8, 4) is 24.2 Å². The van der Waals surface area contributed by atoms with Gasteiger partial charge in [-0.2, -0.15) is 5.26 Å². The Morgan fingerprint density at radius 3 is 2.57 bits per heavy atom. The standard InChI is InChI=1S/C12H11NO/c1-2-11-5-7-12(8-6-11)14-10-4-3-9-13/h1,5-8H,3-4,10H2. The lowest BCUT2D eigenvalue weighted by molar-refractivity contribution is 0.312. The minimum absolute atomic E-state index is 0.530. The van der Waals surface area contributed by atoms with Crippen LogP contribution in [0.15, 0.2) is 24.3 Å². The number of ether oxygens (including phenoxy) is 1. The van der Waals surface area contributed by atoms with Gasteiger partial charge in [-0.15, -0.1) is 6.42 Å². The van der Waals surface area contributed by atoms with Gasteiger partial charge in [0.25, 0.3) is 0 Å². The Morgan fingerprint density at radius 2 is 2.00 bits per heavy atom. The van der Waals surface area contributed by atoms with Gasteiger partial charge in [0.1, 0.15) is 5.75 Å². The third-order valence-corrected chi connectivity index (χ3v) is 1.72. The molecule has 0 fully saturated rings. The first-order chi connectivity index (χ1) is 6.86. The summed E-state index contributed by atoms with van der Waals surface area (Å²) in [6, 6.07) is 9.40. The van der Waals surface area contributed by atoms with Crippen LogP contribution in [-0.4, -0.2) is 6.61 Å². The molecule has 0 radical (unpaired) electrons. The second-order valence-corrected chi connectivity index (χ2v) is 2.78. The summed E-state index contributed by atoms with van der Waals surface area (Å²) in [4.78, 5) is 0. The van der Waals surface area contributed by atoms with Crippen molar-refractivity contribution < 1.29 is 4.74 Å². The van der Waals surface area contributed by atoms with Gasteiger partial charge in [-0.25, -0.2) is 0 Å². The highest BCUT2D eigenvalue weighted by Gasteiger charge is 1.93. The highest BCUT2D eigenvalue weighted by Crippen LogP contribution is 2.11. The van der Waals surface area contributed by atoms with Crippen molar-refractivity contribution in [1.29, 1.82) is 5.26 Å². The smallest absolute Gasteiger partial charge is 0.119 e. The Balaban J connectivity index is 2.38. The second-order valence-electron chi connectivity index (χ2n) is 2.78. The summed E-state index contributed by atoms with van der Waals surface area (Å²) in [6.07, 6.45) is 6.50. The molecule has 1 aromatic rings. The van der Waals surface area contributed by atoms with Crippen LogP contribution in [0.4, 0.5) is 0 Å². The molecule has 0 aromatic heterocycles. The highest BCUT2D eigenvalue weighted by molar-refractivity contribution is 5.36. The molecule has 2 heteroatoms. The quantitative estimate of drug-likeness (QED) is 0.533. The van der Waals surface area contributed by atoms with Crippen LogP contribution in [0.3, 0.4) is 0 Å². The predicted molar refractivity (Wildman–Crippen MR) is 54.7 cm³/mol. The molecule has 0 atom stereocenters. The Kier molecular flexibility index (Phi) is 4.11. The van der Waals surface area contributed by atoms with Crippen LogP contribution in [0, 0.1) is 23.7 Å². The maximum absolute atomic E-state index is 8.30. The molecular weight excluding hydrogens is 174 g/mol. The zero-order valence-corrected chi connectivity index (χ0v) is 7.86. The predicted octanol–water partition coefficient (Wildman–Crippen LogP) is 2.35. The lowest BCUT2D eigenvalue weighted by Crippen LogP contribution is -1.96. The van der Waals surface area contributed by atoms with Crippen molar-refractivity contribution in [1.82, 2.24) is 0 Å². The third-order valence-electron chi connectivity index (χ3n) is 1.72. The highest BCUT2D eigenvalue weighted by atomic mass is 16.5. The van der Waals surface area contributed by atoms with E-state index in [1.54, 1.807) is 0 Å². The van der Waals surface area contributed by atoms with E-state index in [0.717, 1.165) is 17.7 Å². The molecule has 0 aliphatic heterocycles. The molecule has 2 nitrogen and oxygen atoms in total. The maximum atomic E-state index is 8.30. The van der Waals surface area contributed by atoms with Crippen LogP contribution < -0.4 is 4.74 Å². The summed E-state index contributed by atoms with van der Waals surface area (Å²) in [5.74, 6) is 3.33. The molecule has 0 heterocycles. The van der Waals surface area contributed by atoms with Crippen LogP contribution in [0.5, 0.6) is 5.75 Å². The molecule has 0 aliphatic carbocycles. The van der Waals surface area contributed by atoms with E-state index in [2.05, 4.69) is 12.0 Å². The van der Waals surface area contributed by atoms with Gasteiger partial charge in [-0.05, 0) is 30.7 Å². The largest absolute Gasteiger partial charge is 0.494 e. The molecule has 0 N–H and O–H groups in total. The molecule has 1 aromatic carbocycles. The van der Waals surface area contributed by atoms with Crippen molar-refractivity contribution in [2.45, 2.75) is 12.8 Å². The molecule has 70 valence electrons. The monoisotopic (exact) mass is 185 g/mol. The third kappa shape index (κ3) is 3.21. The molecule has 0 spiro atoms. The maximum Gasteiger partial charge on any atom is 0.119 e. The van der Waals surface area contributed by atoms with Crippen molar-refractivity contribution in [3.63, 3.8) is 0 Å². The molecule has 14 heavy (non-hydrogen) atoms. The van der Waals surface area contributed by atoms with E-state index in [4.69, 9.17) is 16.4 Å². The summed E-state index contributed by atoms with van der Waals surface area (Å²) in [5, 5.41) is 8.30. The molecular formula is C12H11NO. The van der Waals surface area contributed by atoms with Crippen molar-refractivity contribution in [2.24, 2.45) is 0 Å². The fourth-order valence-corrected chi connectivity index (χ4v) is 0.989. The van der Waals surface area contributed by atoms with Gasteiger partial charge in [-0.3, -0.25) is 0 Å². The zero-order chi connectivity index (χ0) is 10.2. The van der Waals surface area contributed by atoms with Crippen LogP contribution in [0.1, 0.15) is 18.4 Å². The van der Waals surface area contributed by atoms with E-state index in [1.807, 2.05) is 24.3 Å².